The first kappa shape index (κ1) is 11.4. The number of rotatable bonds is 3. The van der Waals surface area contributed by atoms with Crippen molar-refractivity contribution < 1.29 is 9.59 Å². The minimum absolute atomic E-state index is 0.0627. The van der Waals surface area contributed by atoms with Crippen LogP contribution in [0.2, 0.25) is 0 Å². The van der Waals surface area contributed by atoms with Crippen LogP contribution in [-0.2, 0) is 9.59 Å². The van der Waals surface area contributed by atoms with Crippen molar-refractivity contribution in [2.24, 2.45) is 23.3 Å². The largest absolute Gasteiger partial charge is 0.370 e. The highest BCUT2D eigenvalue weighted by Gasteiger charge is 2.42. The van der Waals surface area contributed by atoms with Gasteiger partial charge in [0, 0.05) is 25.6 Å². The van der Waals surface area contributed by atoms with Gasteiger partial charge in [-0.05, 0) is 25.2 Å². The number of likely N-dealkylation sites (tertiary alicyclic amines) is 1. The topological polar surface area (TPSA) is 89.4 Å². The molecule has 2 fully saturated rings. The quantitative estimate of drug-likeness (QED) is 0.675. The van der Waals surface area contributed by atoms with E-state index in [0.717, 1.165) is 32.4 Å². The van der Waals surface area contributed by atoms with Gasteiger partial charge in [-0.25, -0.2) is 0 Å². The summed E-state index contributed by atoms with van der Waals surface area (Å²) in [4.78, 5) is 24.5. The number of hydrogen-bond acceptors (Lipinski definition) is 3. The van der Waals surface area contributed by atoms with Crippen molar-refractivity contribution in [1.82, 2.24) is 4.90 Å². The smallest absolute Gasteiger partial charge is 0.227 e. The van der Waals surface area contributed by atoms with E-state index < -0.39 is 0 Å². The molecule has 5 heteroatoms. The van der Waals surface area contributed by atoms with Crippen LogP contribution in [0.25, 0.3) is 0 Å². The maximum atomic E-state index is 11.9. The standard InChI is InChI=1S/C11H19N3O2/c12-9-6-8(9)11(16)14-3-1-7(2-4-14)5-10(13)15/h7-9H,1-6,12H2,(H2,13,15). The third-order valence-electron chi connectivity index (χ3n) is 3.57. The molecular weight excluding hydrogens is 206 g/mol. The highest BCUT2D eigenvalue weighted by atomic mass is 16.2. The second-order valence-electron chi connectivity index (χ2n) is 4.95. The Morgan fingerprint density at radius 3 is 2.25 bits per heavy atom. The molecule has 1 saturated carbocycles. The normalized spacial score (nSPS) is 30.2. The zero-order chi connectivity index (χ0) is 11.7. The summed E-state index contributed by atoms with van der Waals surface area (Å²) in [6, 6.07) is 0.0795. The summed E-state index contributed by atoms with van der Waals surface area (Å²) < 4.78 is 0. The van der Waals surface area contributed by atoms with Gasteiger partial charge >= 0.3 is 0 Å². The highest BCUT2D eigenvalue weighted by molar-refractivity contribution is 5.82. The van der Waals surface area contributed by atoms with Crippen LogP contribution in [0, 0.1) is 11.8 Å². The maximum Gasteiger partial charge on any atom is 0.227 e. The van der Waals surface area contributed by atoms with Crippen LogP contribution in [0.5, 0.6) is 0 Å². The fraction of sp³-hybridized carbons (Fsp3) is 0.818. The molecule has 1 saturated heterocycles. The van der Waals surface area contributed by atoms with Crippen LogP contribution in [0.15, 0.2) is 0 Å². The molecular formula is C11H19N3O2. The van der Waals surface area contributed by atoms with Gasteiger partial charge in [-0.1, -0.05) is 0 Å². The van der Waals surface area contributed by atoms with E-state index >= 15 is 0 Å². The molecule has 1 aliphatic heterocycles. The SMILES string of the molecule is NC(=O)CC1CCN(C(=O)C2CC2N)CC1. The molecule has 4 N–H and O–H groups in total. The number of piperidine rings is 1. The van der Waals surface area contributed by atoms with E-state index in [0.29, 0.717) is 12.3 Å². The molecule has 2 unspecified atom stereocenters. The number of primary amides is 1. The molecule has 0 aromatic carbocycles. The summed E-state index contributed by atoms with van der Waals surface area (Å²) in [6.45, 7) is 1.50. The summed E-state index contributed by atoms with van der Waals surface area (Å²) in [5.41, 5.74) is 10.8. The fourth-order valence-electron chi connectivity index (χ4n) is 2.38. The first-order valence-electron chi connectivity index (χ1n) is 5.90. The molecule has 5 nitrogen and oxygen atoms in total. The van der Waals surface area contributed by atoms with Crippen molar-refractivity contribution in [3.8, 4) is 0 Å². The summed E-state index contributed by atoms with van der Waals surface area (Å²) in [7, 11) is 0. The third-order valence-corrected chi connectivity index (χ3v) is 3.57. The van der Waals surface area contributed by atoms with E-state index in [1.165, 1.54) is 0 Å². The van der Waals surface area contributed by atoms with Crippen LogP contribution in [0.4, 0.5) is 0 Å². The van der Waals surface area contributed by atoms with Crippen LogP contribution in [0.1, 0.15) is 25.7 Å². The minimum atomic E-state index is -0.242. The molecule has 2 rings (SSSR count). The van der Waals surface area contributed by atoms with Gasteiger partial charge < -0.3 is 16.4 Å². The average Bonchev–Trinajstić information content (AvgIpc) is 2.95. The monoisotopic (exact) mass is 225 g/mol. The molecule has 0 aromatic heterocycles. The molecule has 0 spiro atoms. The van der Waals surface area contributed by atoms with Gasteiger partial charge in [0.15, 0.2) is 0 Å². The van der Waals surface area contributed by atoms with Gasteiger partial charge in [-0.3, -0.25) is 9.59 Å². The van der Waals surface area contributed by atoms with Crippen LogP contribution >= 0.6 is 0 Å². The summed E-state index contributed by atoms with van der Waals surface area (Å²) in [6.07, 6.45) is 3.05. The molecule has 2 amide bonds. The van der Waals surface area contributed by atoms with Crippen molar-refractivity contribution >= 4 is 11.8 Å². The number of amides is 2. The molecule has 0 radical (unpaired) electrons. The van der Waals surface area contributed by atoms with E-state index in [9.17, 15) is 9.59 Å². The molecule has 0 aromatic rings. The van der Waals surface area contributed by atoms with Crippen molar-refractivity contribution in [2.75, 3.05) is 13.1 Å². The van der Waals surface area contributed by atoms with Crippen molar-refractivity contribution in [3.63, 3.8) is 0 Å². The lowest BCUT2D eigenvalue weighted by molar-refractivity contribution is -0.134. The Morgan fingerprint density at radius 1 is 1.25 bits per heavy atom. The zero-order valence-electron chi connectivity index (χ0n) is 9.39. The second kappa shape index (κ2) is 4.41. The first-order chi connectivity index (χ1) is 7.58. The maximum absolute atomic E-state index is 11.9. The predicted molar refractivity (Wildman–Crippen MR) is 59.2 cm³/mol. The predicted octanol–water partition coefficient (Wildman–Crippen LogP) is -0.552. The fourth-order valence-corrected chi connectivity index (χ4v) is 2.38. The van der Waals surface area contributed by atoms with Gasteiger partial charge in [0.25, 0.3) is 0 Å². The number of hydrogen-bond donors (Lipinski definition) is 2. The van der Waals surface area contributed by atoms with Crippen LogP contribution < -0.4 is 11.5 Å². The van der Waals surface area contributed by atoms with E-state index in [1.807, 2.05) is 4.90 Å². The molecule has 1 heterocycles. The number of carbonyl (C=O) groups is 2. The van der Waals surface area contributed by atoms with Crippen LogP contribution in [0.3, 0.4) is 0 Å². The summed E-state index contributed by atoms with van der Waals surface area (Å²) in [5, 5.41) is 0. The summed E-state index contributed by atoms with van der Waals surface area (Å²) >= 11 is 0. The Morgan fingerprint density at radius 2 is 1.81 bits per heavy atom. The third kappa shape index (κ3) is 2.52. The summed E-state index contributed by atoms with van der Waals surface area (Å²) in [5.74, 6) is 0.376. The lowest BCUT2D eigenvalue weighted by Crippen LogP contribution is -2.40. The van der Waals surface area contributed by atoms with Gasteiger partial charge in [0.05, 0.1) is 5.92 Å². The van der Waals surface area contributed by atoms with Crippen LogP contribution in [-0.4, -0.2) is 35.8 Å². The molecule has 2 aliphatic rings. The number of nitrogens with zero attached hydrogens (tertiary/aromatic N) is 1. The number of nitrogens with two attached hydrogens (primary N) is 2. The molecule has 16 heavy (non-hydrogen) atoms. The molecule has 0 bridgehead atoms. The van der Waals surface area contributed by atoms with E-state index in [2.05, 4.69) is 0 Å². The first-order valence-corrected chi connectivity index (χ1v) is 5.90. The van der Waals surface area contributed by atoms with Gasteiger partial charge in [0.2, 0.25) is 11.8 Å². The van der Waals surface area contributed by atoms with Gasteiger partial charge in [0.1, 0.15) is 0 Å². The van der Waals surface area contributed by atoms with Crippen molar-refractivity contribution in [1.29, 1.82) is 0 Å². The van der Waals surface area contributed by atoms with E-state index in [4.69, 9.17) is 11.5 Å². The minimum Gasteiger partial charge on any atom is -0.370 e. The van der Waals surface area contributed by atoms with Crippen molar-refractivity contribution in [3.05, 3.63) is 0 Å². The van der Waals surface area contributed by atoms with Gasteiger partial charge in [-0.15, -0.1) is 0 Å². The Hall–Kier alpha value is -1.10. The van der Waals surface area contributed by atoms with E-state index in [1.54, 1.807) is 0 Å². The Bertz CT molecular complexity index is 298. The zero-order valence-corrected chi connectivity index (χ0v) is 9.39. The molecule has 90 valence electrons. The average molecular weight is 225 g/mol. The van der Waals surface area contributed by atoms with Crippen molar-refractivity contribution in [2.45, 2.75) is 31.7 Å². The Balaban J connectivity index is 1.76. The van der Waals surface area contributed by atoms with E-state index in [-0.39, 0.29) is 23.8 Å². The lowest BCUT2D eigenvalue weighted by atomic mass is 9.93. The number of carbonyl (C=O) groups excluding carboxylic acids is 2. The molecule has 1 aliphatic carbocycles. The molecule has 2 atom stereocenters. The Kier molecular flexibility index (Phi) is 3.14. The second-order valence-corrected chi connectivity index (χ2v) is 4.95. The lowest BCUT2D eigenvalue weighted by Gasteiger charge is -2.31. The Labute approximate surface area is 95.1 Å². The highest BCUT2D eigenvalue weighted by Crippen LogP contribution is 2.31. The van der Waals surface area contributed by atoms with Gasteiger partial charge in [-0.2, -0.15) is 0 Å².